The first-order valence-electron chi connectivity index (χ1n) is 9.37. The van der Waals surface area contributed by atoms with Gasteiger partial charge in [-0.1, -0.05) is 24.3 Å². The van der Waals surface area contributed by atoms with Crippen LogP contribution in [-0.2, 0) is 17.8 Å². The van der Waals surface area contributed by atoms with Crippen LogP contribution in [0.25, 0.3) is 5.69 Å². The van der Waals surface area contributed by atoms with Gasteiger partial charge in [-0.3, -0.25) is 4.79 Å². The summed E-state index contributed by atoms with van der Waals surface area (Å²) in [5, 5.41) is 7.59. The first-order chi connectivity index (χ1) is 13.6. The van der Waals surface area contributed by atoms with E-state index in [9.17, 15) is 4.79 Å². The van der Waals surface area contributed by atoms with Crippen LogP contribution in [0.5, 0.6) is 11.5 Å². The molecule has 1 aliphatic heterocycles. The average Bonchev–Trinajstić information content (AvgIpc) is 3.01. The number of hydrogen-bond acceptors (Lipinski definition) is 4. The number of fused-ring (bicyclic) bond motifs is 1. The second-order valence-corrected chi connectivity index (χ2v) is 6.83. The average molecular weight is 377 g/mol. The van der Waals surface area contributed by atoms with Crippen molar-refractivity contribution in [3.8, 4) is 17.2 Å². The van der Waals surface area contributed by atoms with Crippen LogP contribution in [0.4, 0.5) is 0 Å². The maximum Gasteiger partial charge on any atom is 0.224 e. The Labute approximate surface area is 164 Å². The quantitative estimate of drug-likeness (QED) is 0.742. The molecule has 0 saturated carbocycles. The van der Waals surface area contributed by atoms with Crippen molar-refractivity contribution in [1.29, 1.82) is 0 Å². The van der Waals surface area contributed by atoms with Crippen molar-refractivity contribution in [3.63, 3.8) is 0 Å². The third-order valence-corrected chi connectivity index (χ3v) is 4.88. The van der Waals surface area contributed by atoms with Gasteiger partial charge in [0.15, 0.2) is 11.5 Å². The molecular weight excluding hydrogens is 354 g/mol. The predicted octanol–water partition coefficient (Wildman–Crippen LogP) is 3.12. The van der Waals surface area contributed by atoms with Crippen LogP contribution < -0.4 is 14.8 Å². The molecule has 1 amide bonds. The third-order valence-electron chi connectivity index (χ3n) is 4.88. The van der Waals surface area contributed by atoms with Gasteiger partial charge in [-0.25, -0.2) is 4.68 Å². The van der Waals surface area contributed by atoms with Crippen molar-refractivity contribution in [2.45, 2.75) is 26.8 Å². The van der Waals surface area contributed by atoms with E-state index in [1.54, 1.807) is 0 Å². The molecular formula is C22H23N3O3. The summed E-state index contributed by atoms with van der Waals surface area (Å²) in [5.74, 6) is 1.45. The summed E-state index contributed by atoms with van der Waals surface area (Å²) in [6, 6.07) is 15.7. The van der Waals surface area contributed by atoms with Gasteiger partial charge < -0.3 is 14.8 Å². The van der Waals surface area contributed by atoms with Crippen molar-refractivity contribution in [1.82, 2.24) is 15.1 Å². The van der Waals surface area contributed by atoms with Crippen LogP contribution in [0.1, 0.15) is 22.5 Å². The Hall–Kier alpha value is -3.28. The largest absolute Gasteiger partial charge is 0.486 e. The number of carbonyl (C=O) groups excluding carboxylic acids is 1. The lowest BCUT2D eigenvalue weighted by Crippen LogP contribution is -2.25. The zero-order chi connectivity index (χ0) is 19.5. The van der Waals surface area contributed by atoms with Gasteiger partial charge in [-0.15, -0.1) is 0 Å². The summed E-state index contributed by atoms with van der Waals surface area (Å²) in [4.78, 5) is 12.5. The molecule has 6 heteroatoms. The normalized spacial score (nSPS) is 12.6. The van der Waals surface area contributed by atoms with Gasteiger partial charge in [-0.05, 0) is 43.7 Å². The van der Waals surface area contributed by atoms with E-state index in [0.717, 1.165) is 39.7 Å². The number of ether oxygens (including phenoxy) is 2. The predicted molar refractivity (Wildman–Crippen MR) is 106 cm³/mol. The van der Waals surface area contributed by atoms with Gasteiger partial charge in [0.2, 0.25) is 5.91 Å². The SMILES string of the molecule is Cc1nn(-c2ccccc2)c(C)c1CC(=O)NCc1ccc2c(c1)OCCO2. The first kappa shape index (κ1) is 18.1. The van der Waals surface area contributed by atoms with Gasteiger partial charge in [-0.2, -0.15) is 5.10 Å². The van der Waals surface area contributed by atoms with Crippen molar-refractivity contribution >= 4 is 5.91 Å². The summed E-state index contributed by atoms with van der Waals surface area (Å²) in [6.45, 7) is 5.50. The van der Waals surface area contributed by atoms with E-state index in [2.05, 4.69) is 10.4 Å². The second kappa shape index (κ2) is 7.76. The zero-order valence-corrected chi connectivity index (χ0v) is 16.1. The summed E-state index contributed by atoms with van der Waals surface area (Å²) in [5.41, 5.74) is 4.79. The number of para-hydroxylation sites is 1. The standard InChI is InChI=1S/C22H23N3O3/c1-15-19(16(2)25(24-15)18-6-4-3-5-7-18)13-22(26)23-14-17-8-9-20-21(12-17)28-11-10-27-20/h3-9,12H,10-11,13-14H2,1-2H3,(H,23,26). The molecule has 0 radical (unpaired) electrons. The molecule has 0 spiro atoms. The molecule has 1 N–H and O–H groups in total. The number of carbonyl (C=O) groups is 1. The van der Waals surface area contributed by atoms with E-state index in [4.69, 9.17) is 9.47 Å². The Balaban J connectivity index is 1.42. The highest BCUT2D eigenvalue weighted by molar-refractivity contribution is 5.79. The van der Waals surface area contributed by atoms with Crippen molar-refractivity contribution < 1.29 is 14.3 Å². The monoisotopic (exact) mass is 377 g/mol. The molecule has 28 heavy (non-hydrogen) atoms. The number of benzene rings is 2. The van der Waals surface area contributed by atoms with Gasteiger partial charge in [0, 0.05) is 17.8 Å². The Morgan fingerprint density at radius 1 is 1.07 bits per heavy atom. The molecule has 0 aliphatic carbocycles. The maximum atomic E-state index is 12.5. The molecule has 0 bridgehead atoms. The molecule has 3 aromatic rings. The van der Waals surface area contributed by atoms with Gasteiger partial charge in [0.05, 0.1) is 17.8 Å². The smallest absolute Gasteiger partial charge is 0.224 e. The minimum atomic E-state index is -0.0336. The summed E-state index contributed by atoms with van der Waals surface area (Å²) >= 11 is 0. The van der Waals surface area contributed by atoms with Crippen LogP contribution in [0.2, 0.25) is 0 Å². The topological polar surface area (TPSA) is 65.4 Å². The number of aromatic nitrogens is 2. The number of hydrogen-bond donors (Lipinski definition) is 1. The Kier molecular flexibility index (Phi) is 5.02. The fourth-order valence-corrected chi connectivity index (χ4v) is 3.37. The van der Waals surface area contributed by atoms with E-state index in [1.165, 1.54) is 0 Å². The number of aryl methyl sites for hydroxylation is 1. The van der Waals surface area contributed by atoms with E-state index < -0.39 is 0 Å². The van der Waals surface area contributed by atoms with Crippen LogP contribution in [0.3, 0.4) is 0 Å². The number of nitrogens with one attached hydrogen (secondary N) is 1. The molecule has 1 aliphatic rings. The Bertz CT molecular complexity index is 996. The Morgan fingerprint density at radius 3 is 2.61 bits per heavy atom. The molecule has 2 aromatic carbocycles. The highest BCUT2D eigenvalue weighted by Gasteiger charge is 2.16. The van der Waals surface area contributed by atoms with E-state index >= 15 is 0 Å². The van der Waals surface area contributed by atoms with Crippen LogP contribution >= 0.6 is 0 Å². The molecule has 4 rings (SSSR count). The van der Waals surface area contributed by atoms with Crippen LogP contribution in [0, 0.1) is 13.8 Å². The number of rotatable bonds is 5. The first-order valence-corrected chi connectivity index (χ1v) is 9.37. The molecule has 0 fully saturated rings. The highest BCUT2D eigenvalue weighted by atomic mass is 16.6. The summed E-state index contributed by atoms with van der Waals surface area (Å²) in [6.07, 6.45) is 0.301. The minimum Gasteiger partial charge on any atom is -0.486 e. The van der Waals surface area contributed by atoms with E-state index in [1.807, 2.05) is 67.1 Å². The number of amides is 1. The van der Waals surface area contributed by atoms with Gasteiger partial charge in [0.1, 0.15) is 13.2 Å². The van der Waals surface area contributed by atoms with Crippen molar-refractivity contribution in [2.75, 3.05) is 13.2 Å². The van der Waals surface area contributed by atoms with Gasteiger partial charge >= 0.3 is 0 Å². The molecule has 1 aromatic heterocycles. The van der Waals surface area contributed by atoms with Crippen LogP contribution in [-0.4, -0.2) is 28.9 Å². The second-order valence-electron chi connectivity index (χ2n) is 6.83. The number of nitrogens with zero attached hydrogens (tertiary/aromatic N) is 2. The molecule has 0 atom stereocenters. The van der Waals surface area contributed by atoms with Crippen LogP contribution in [0.15, 0.2) is 48.5 Å². The van der Waals surface area contributed by atoms with Crippen molar-refractivity contribution in [2.24, 2.45) is 0 Å². The van der Waals surface area contributed by atoms with Crippen molar-refractivity contribution in [3.05, 3.63) is 71.0 Å². The minimum absolute atomic E-state index is 0.0336. The molecule has 0 unspecified atom stereocenters. The summed E-state index contributed by atoms with van der Waals surface area (Å²) < 4.78 is 13.0. The zero-order valence-electron chi connectivity index (χ0n) is 16.1. The fraction of sp³-hybridized carbons (Fsp3) is 0.273. The lowest BCUT2D eigenvalue weighted by atomic mass is 10.1. The lowest BCUT2D eigenvalue weighted by Gasteiger charge is -2.19. The third kappa shape index (κ3) is 3.71. The van der Waals surface area contributed by atoms with E-state index in [-0.39, 0.29) is 5.91 Å². The van der Waals surface area contributed by atoms with E-state index in [0.29, 0.717) is 26.2 Å². The Morgan fingerprint density at radius 2 is 1.82 bits per heavy atom. The molecule has 2 heterocycles. The summed E-state index contributed by atoms with van der Waals surface area (Å²) in [7, 11) is 0. The molecule has 6 nitrogen and oxygen atoms in total. The molecule has 144 valence electrons. The van der Waals surface area contributed by atoms with Gasteiger partial charge in [0.25, 0.3) is 0 Å². The highest BCUT2D eigenvalue weighted by Crippen LogP contribution is 2.30. The molecule has 0 saturated heterocycles. The lowest BCUT2D eigenvalue weighted by molar-refractivity contribution is -0.120. The fourth-order valence-electron chi connectivity index (χ4n) is 3.37. The maximum absolute atomic E-state index is 12.5.